The molecule has 2 aromatic carbocycles. The van der Waals surface area contributed by atoms with Gasteiger partial charge < -0.3 is 20.5 Å². The molecule has 3 aliphatic rings. The molecule has 0 unspecified atom stereocenters. The minimum absolute atomic E-state index is 0.0430. The van der Waals surface area contributed by atoms with Crippen molar-refractivity contribution in [1.82, 2.24) is 10.2 Å². The molecule has 8 heteroatoms. The van der Waals surface area contributed by atoms with Crippen LogP contribution in [0.2, 0.25) is 0 Å². The van der Waals surface area contributed by atoms with E-state index in [1.807, 2.05) is 64.1 Å². The minimum Gasteiger partial charge on any atom is -0.493 e. The number of hydrogen-bond acceptors (Lipinski definition) is 6. The lowest BCUT2D eigenvalue weighted by Gasteiger charge is -2.45. The van der Waals surface area contributed by atoms with Crippen molar-refractivity contribution in [2.24, 2.45) is 10.7 Å². The van der Waals surface area contributed by atoms with Crippen LogP contribution in [0.15, 0.2) is 47.5 Å². The first-order valence-electron chi connectivity index (χ1n) is 13.2. The molecular formula is C29H36N4O4. The number of carbonyl (C=O) groups excluding carboxylic acids is 2. The number of carbonyl (C=O) groups is 2. The number of nitrogens with one attached hydrogen (secondary N) is 1. The Morgan fingerprint density at radius 3 is 2.62 bits per heavy atom. The lowest BCUT2D eigenvalue weighted by atomic mass is 9.84. The van der Waals surface area contributed by atoms with Crippen LogP contribution >= 0.6 is 0 Å². The number of nitrogens with zero attached hydrogens (tertiary/aromatic N) is 2. The molecule has 2 amide bonds. The van der Waals surface area contributed by atoms with Crippen LogP contribution in [0.5, 0.6) is 11.5 Å². The van der Waals surface area contributed by atoms with Crippen LogP contribution in [0.25, 0.3) is 0 Å². The Labute approximate surface area is 218 Å². The predicted octanol–water partition coefficient (Wildman–Crippen LogP) is 4.65. The molecule has 3 aliphatic heterocycles. The van der Waals surface area contributed by atoms with Gasteiger partial charge >= 0.3 is 0 Å². The van der Waals surface area contributed by atoms with Gasteiger partial charge in [-0.2, -0.15) is 0 Å². The maximum Gasteiger partial charge on any atom is 0.251 e. The average Bonchev–Trinajstić information content (AvgIpc) is 2.87. The minimum atomic E-state index is -0.516. The predicted molar refractivity (Wildman–Crippen MR) is 142 cm³/mol. The molecule has 0 aliphatic carbocycles. The summed E-state index contributed by atoms with van der Waals surface area (Å²) < 4.78 is 12.0. The summed E-state index contributed by atoms with van der Waals surface area (Å²) in [4.78, 5) is 33.3. The van der Waals surface area contributed by atoms with Gasteiger partial charge in [0.05, 0.1) is 30.7 Å². The number of guanidine groups is 1. The van der Waals surface area contributed by atoms with Crippen molar-refractivity contribution in [3.05, 3.63) is 59.2 Å². The average molecular weight is 505 g/mol. The molecule has 0 aromatic heterocycles. The molecule has 196 valence electrons. The molecular weight excluding hydrogens is 468 g/mol. The zero-order valence-electron chi connectivity index (χ0n) is 22.0. The second-order valence-corrected chi connectivity index (χ2v) is 10.9. The first-order valence-corrected chi connectivity index (χ1v) is 13.2. The molecule has 3 N–H and O–H groups in total. The maximum atomic E-state index is 13.5. The van der Waals surface area contributed by atoms with Gasteiger partial charge in [-0.3, -0.25) is 14.5 Å². The number of fused-ring (bicyclic) bond motifs is 2. The van der Waals surface area contributed by atoms with E-state index in [9.17, 15) is 9.59 Å². The number of benzene rings is 2. The first-order chi connectivity index (χ1) is 17.6. The number of ether oxygens (including phenoxy) is 2. The van der Waals surface area contributed by atoms with Gasteiger partial charge in [0, 0.05) is 29.5 Å². The van der Waals surface area contributed by atoms with Gasteiger partial charge in [0.2, 0.25) is 5.91 Å². The normalized spacial score (nSPS) is 23.6. The van der Waals surface area contributed by atoms with E-state index in [4.69, 9.17) is 20.2 Å². The van der Waals surface area contributed by atoms with Crippen LogP contribution in [0.3, 0.4) is 0 Å². The highest BCUT2D eigenvalue weighted by molar-refractivity contribution is 6.00. The van der Waals surface area contributed by atoms with Gasteiger partial charge in [0.1, 0.15) is 17.1 Å². The van der Waals surface area contributed by atoms with Gasteiger partial charge in [-0.05, 0) is 51.0 Å². The number of nitrogens with two attached hydrogens (primary N) is 1. The van der Waals surface area contributed by atoms with Crippen LogP contribution in [0, 0.1) is 0 Å². The molecule has 5 rings (SSSR count). The number of amides is 2. The number of rotatable bonds is 5. The van der Waals surface area contributed by atoms with Crippen LogP contribution in [-0.4, -0.2) is 40.4 Å². The lowest BCUT2D eigenvalue weighted by Crippen LogP contribution is -2.54. The summed E-state index contributed by atoms with van der Waals surface area (Å²) in [7, 11) is 0. The van der Waals surface area contributed by atoms with Crippen molar-refractivity contribution in [3.63, 3.8) is 0 Å². The summed E-state index contributed by atoms with van der Waals surface area (Å²) in [6.07, 6.45) is 3.04. The smallest absolute Gasteiger partial charge is 0.251 e. The van der Waals surface area contributed by atoms with Gasteiger partial charge in [-0.1, -0.05) is 32.0 Å². The van der Waals surface area contributed by atoms with Gasteiger partial charge in [0.15, 0.2) is 5.96 Å². The second kappa shape index (κ2) is 9.39. The van der Waals surface area contributed by atoms with E-state index in [1.54, 1.807) is 11.0 Å². The van der Waals surface area contributed by atoms with Crippen molar-refractivity contribution in [1.29, 1.82) is 0 Å². The van der Waals surface area contributed by atoms with Gasteiger partial charge in [0.25, 0.3) is 5.91 Å². The first kappa shape index (κ1) is 25.1. The third kappa shape index (κ3) is 4.65. The fraction of sp³-hybridized carbons (Fsp3) is 0.483. The van der Waals surface area contributed by atoms with Crippen molar-refractivity contribution in [2.45, 2.75) is 83.0 Å². The number of hydrogen-bond donors (Lipinski definition) is 2. The Balaban J connectivity index is 1.47. The Bertz CT molecular complexity index is 1250. The fourth-order valence-electron chi connectivity index (χ4n) is 5.74. The largest absolute Gasteiger partial charge is 0.493 e. The molecule has 0 saturated carbocycles. The second-order valence-electron chi connectivity index (χ2n) is 10.9. The maximum absolute atomic E-state index is 13.5. The summed E-state index contributed by atoms with van der Waals surface area (Å²) >= 11 is 0. The van der Waals surface area contributed by atoms with E-state index in [2.05, 4.69) is 5.32 Å². The Kier molecular flexibility index (Phi) is 6.38. The van der Waals surface area contributed by atoms with Gasteiger partial charge in [-0.15, -0.1) is 0 Å². The summed E-state index contributed by atoms with van der Waals surface area (Å²) in [5, 5.41) is 3.16. The Hall–Kier alpha value is -3.55. The Morgan fingerprint density at radius 1 is 1.14 bits per heavy atom. The quantitative estimate of drug-likeness (QED) is 0.617. The molecule has 2 atom stereocenters. The molecule has 0 fully saturated rings. The molecule has 2 aromatic rings. The van der Waals surface area contributed by atoms with Crippen LogP contribution in [0.4, 0.5) is 0 Å². The molecule has 0 bridgehead atoms. The zero-order valence-corrected chi connectivity index (χ0v) is 22.0. The van der Waals surface area contributed by atoms with E-state index in [1.165, 1.54) is 0 Å². The standard InChI is InChI=1S/C29H36N4O4/c1-5-29(6-2)17-25(34)33(27(30)32-29)22-16-28(3,4)37-24-12-11-18(15-20(22)24)26(35)31-21-13-14-36-23-10-8-7-9-19(21)23/h7-12,15,21-22H,5-6,13-14,16-17H2,1-4H3,(H2,30,32)(H,31,35)/t21-,22+/m0/s1. The Morgan fingerprint density at radius 2 is 1.89 bits per heavy atom. The number of para-hydroxylation sites is 1. The topological polar surface area (TPSA) is 106 Å². The molecule has 37 heavy (non-hydrogen) atoms. The van der Waals surface area contributed by atoms with E-state index in [-0.39, 0.29) is 29.9 Å². The fourth-order valence-corrected chi connectivity index (χ4v) is 5.74. The van der Waals surface area contributed by atoms with E-state index < -0.39 is 11.1 Å². The summed E-state index contributed by atoms with van der Waals surface area (Å²) in [6.45, 7) is 8.62. The highest BCUT2D eigenvalue weighted by Gasteiger charge is 2.45. The molecule has 3 heterocycles. The van der Waals surface area contributed by atoms with E-state index in [0.29, 0.717) is 37.2 Å². The molecule has 0 spiro atoms. The van der Waals surface area contributed by atoms with Crippen LogP contribution in [-0.2, 0) is 4.79 Å². The van der Waals surface area contributed by atoms with Crippen molar-refractivity contribution >= 4 is 17.8 Å². The van der Waals surface area contributed by atoms with Crippen LogP contribution in [0.1, 0.15) is 93.4 Å². The van der Waals surface area contributed by atoms with Crippen molar-refractivity contribution in [3.8, 4) is 11.5 Å². The van der Waals surface area contributed by atoms with Crippen molar-refractivity contribution in [2.75, 3.05) is 6.61 Å². The monoisotopic (exact) mass is 504 g/mol. The summed E-state index contributed by atoms with van der Waals surface area (Å²) in [5.74, 6) is 1.46. The lowest BCUT2D eigenvalue weighted by molar-refractivity contribution is -0.132. The summed E-state index contributed by atoms with van der Waals surface area (Å²) in [5.41, 5.74) is 7.74. The van der Waals surface area contributed by atoms with Crippen LogP contribution < -0.4 is 20.5 Å². The van der Waals surface area contributed by atoms with E-state index >= 15 is 0 Å². The molecule has 0 radical (unpaired) electrons. The van der Waals surface area contributed by atoms with Crippen molar-refractivity contribution < 1.29 is 19.1 Å². The zero-order chi connectivity index (χ0) is 26.4. The molecule has 0 saturated heterocycles. The third-order valence-corrected chi connectivity index (χ3v) is 7.94. The highest BCUT2D eigenvalue weighted by Crippen LogP contribution is 2.45. The van der Waals surface area contributed by atoms with E-state index in [0.717, 1.165) is 29.7 Å². The number of aliphatic imine (C=N–C) groups is 1. The molecule has 8 nitrogen and oxygen atoms in total. The summed E-state index contributed by atoms with van der Waals surface area (Å²) in [6, 6.07) is 12.7. The highest BCUT2D eigenvalue weighted by atomic mass is 16.5. The third-order valence-electron chi connectivity index (χ3n) is 7.94. The SMILES string of the molecule is CCC1(CC)CC(=O)N([C@@H]2CC(C)(C)Oc3ccc(C(=O)N[C@H]4CCOc5ccccc54)cc32)C(N)=N1. The van der Waals surface area contributed by atoms with Gasteiger partial charge in [-0.25, -0.2) is 4.99 Å².